The van der Waals surface area contributed by atoms with Crippen LogP contribution >= 0.6 is 0 Å². The third kappa shape index (κ3) is 3.10. The largest absolute Gasteiger partial charge is 0.340 e. The lowest BCUT2D eigenvalue weighted by Gasteiger charge is -2.36. The van der Waals surface area contributed by atoms with Crippen molar-refractivity contribution in [1.82, 2.24) is 9.21 Å². The summed E-state index contributed by atoms with van der Waals surface area (Å²) in [5, 5.41) is 0. The second kappa shape index (κ2) is 6.40. The summed E-state index contributed by atoms with van der Waals surface area (Å²) in [6.45, 7) is 3.75. The van der Waals surface area contributed by atoms with Crippen LogP contribution in [0.15, 0.2) is 29.2 Å². The fraction of sp³-hybridized carbons (Fsp3) is 0.632. The molecule has 0 spiro atoms. The standard InChI is InChI=1S/C19H26N2O3S/c1-14-2-6-17(7-3-14)25(23,24)21-10-8-20(9-11-21)19(22)18-13-15-4-5-16(18)12-15/h2-3,6-7,15-16,18H,4-5,8-13H2,1H3. The molecule has 6 heteroatoms. The SMILES string of the molecule is Cc1ccc(S(=O)(=O)N2CCN(C(=O)C3CC4CCC3C4)CC2)cc1. The van der Waals surface area contributed by atoms with E-state index in [1.165, 1.54) is 23.6 Å². The molecule has 3 fully saturated rings. The first-order valence-corrected chi connectivity index (χ1v) is 10.7. The number of nitrogens with zero attached hydrogens (tertiary/aromatic N) is 2. The van der Waals surface area contributed by atoms with E-state index in [9.17, 15) is 13.2 Å². The van der Waals surface area contributed by atoms with Gasteiger partial charge in [0.05, 0.1) is 4.90 Å². The summed E-state index contributed by atoms with van der Waals surface area (Å²) in [7, 11) is -3.46. The van der Waals surface area contributed by atoms with Gasteiger partial charge in [-0.1, -0.05) is 24.1 Å². The molecule has 1 aromatic carbocycles. The maximum atomic E-state index is 12.8. The van der Waals surface area contributed by atoms with Gasteiger partial charge in [0.15, 0.2) is 0 Å². The molecule has 1 aliphatic heterocycles. The smallest absolute Gasteiger partial charge is 0.243 e. The molecule has 2 aliphatic carbocycles. The van der Waals surface area contributed by atoms with Crippen LogP contribution in [0.4, 0.5) is 0 Å². The first kappa shape index (κ1) is 17.0. The van der Waals surface area contributed by atoms with Crippen molar-refractivity contribution < 1.29 is 13.2 Å². The van der Waals surface area contributed by atoms with Crippen molar-refractivity contribution in [3.8, 4) is 0 Å². The molecule has 1 saturated heterocycles. The van der Waals surface area contributed by atoms with Crippen LogP contribution in [0.3, 0.4) is 0 Å². The lowest BCUT2D eigenvalue weighted by Crippen LogP contribution is -2.52. The summed E-state index contributed by atoms with van der Waals surface area (Å²) in [5.74, 6) is 1.78. The quantitative estimate of drug-likeness (QED) is 0.829. The Morgan fingerprint density at radius 1 is 1.00 bits per heavy atom. The first-order chi connectivity index (χ1) is 11.9. The molecular weight excluding hydrogens is 336 g/mol. The summed E-state index contributed by atoms with van der Waals surface area (Å²) >= 11 is 0. The highest BCUT2D eigenvalue weighted by Crippen LogP contribution is 2.48. The molecule has 0 radical (unpaired) electrons. The minimum absolute atomic E-state index is 0.194. The highest BCUT2D eigenvalue weighted by molar-refractivity contribution is 7.89. The number of fused-ring (bicyclic) bond motifs is 2. The van der Waals surface area contributed by atoms with Crippen molar-refractivity contribution >= 4 is 15.9 Å². The van der Waals surface area contributed by atoms with Gasteiger partial charge in [0.1, 0.15) is 0 Å². The van der Waals surface area contributed by atoms with E-state index in [1.807, 2.05) is 24.0 Å². The van der Waals surface area contributed by atoms with Crippen LogP contribution in [0.1, 0.15) is 31.2 Å². The number of piperazine rings is 1. The minimum atomic E-state index is -3.46. The van der Waals surface area contributed by atoms with Crippen molar-refractivity contribution in [2.45, 2.75) is 37.5 Å². The number of aryl methyl sites for hydroxylation is 1. The molecule has 1 amide bonds. The average molecular weight is 362 g/mol. The topological polar surface area (TPSA) is 57.7 Å². The lowest BCUT2D eigenvalue weighted by molar-refractivity contribution is -0.138. The summed E-state index contributed by atoms with van der Waals surface area (Å²) in [6.07, 6.45) is 4.75. The van der Waals surface area contributed by atoms with Crippen LogP contribution in [-0.2, 0) is 14.8 Å². The number of benzene rings is 1. The number of sulfonamides is 1. The normalized spacial score (nSPS) is 30.0. The Hall–Kier alpha value is -1.40. The molecule has 1 aromatic rings. The van der Waals surface area contributed by atoms with Gasteiger partial charge in [-0.25, -0.2) is 8.42 Å². The number of amides is 1. The Kier molecular flexibility index (Phi) is 4.36. The molecule has 0 N–H and O–H groups in total. The fourth-order valence-corrected chi connectivity index (χ4v) is 6.21. The van der Waals surface area contributed by atoms with Gasteiger partial charge >= 0.3 is 0 Å². The number of hydrogen-bond donors (Lipinski definition) is 0. The minimum Gasteiger partial charge on any atom is -0.340 e. The van der Waals surface area contributed by atoms with Crippen LogP contribution < -0.4 is 0 Å². The van der Waals surface area contributed by atoms with Gasteiger partial charge in [0.2, 0.25) is 15.9 Å². The predicted molar refractivity (Wildman–Crippen MR) is 95.5 cm³/mol. The third-order valence-corrected chi connectivity index (χ3v) is 8.18. The molecule has 2 bridgehead atoms. The van der Waals surface area contributed by atoms with Crippen molar-refractivity contribution in [3.63, 3.8) is 0 Å². The van der Waals surface area contributed by atoms with E-state index in [2.05, 4.69) is 0 Å². The second-order valence-corrected chi connectivity index (χ2v) is 9.76. The van der Waals surface area contributed by atoms with Gasteiger partial charge in [-0.2, -0.15) is 4.31 Å². The van der Waals surface area contributed by atoms with E-state index in [1.54, 1.807) is 12.1 Å². The van der Waals surface area contributed by atoms with Gasteiger partial charge in [-0.3, -0.25) is 4.79 Å². The number of carbonyl (C=O) groups excluding carboxylic acids is 1. The summed E-state index contributed by atoms with van der Waals surface area (Å²) in [5.41, 5.74) is 1.04. The maximum absolute atomic E-state index is 12.8. The van der Waals surface area contributed by atoms with Crippen molar-refractivity contribution in [1.29, 1.82) is 0 Å². The third-order valence-electron chi connectivity index (χ3n) is 6.26. The van der Waals surface area contributed by atoms with Gasteiger partial charge < -0.3 is 4.90 Å². The highest BCUT2D eigenvalue weighted by Gasteiger charge is 2.45. The van der Waals surface area contributed by atoms with E-state index >= 15 is 0 Å². The molecule has 25 heavy (non-hydrogen) atoms. The van der Waals surface area contributed by atoms with E-state index < -0.39 is 10.0 Å². The second-order valence-electron chi connectivity index (χ2n) is 7.82. The Balaban J connectivity index is 1.39. The molecule has 0 aromatic heterocycles. The van der Waals surface area contributed by atoms with Gasteiger partial charge in [-0.05, 0) is 50.2 Å². The van der Waals surface area contributed by atoms with Crippen LogP contribution in [0.2, 0.25) is 0 Å². The van der Waals surface area contributed by atoms with Gasteiger partial charge in [-0.15, -0.1) is 0 Å². The fourth-order valence-electron chi connectivity index (χ4n) is 4.79. The van der Waals surface area contributed by atoms with Crippen LogP contribution in [0.25, 0.3) is 0 Å². The van der Waals surface area contributed by atoms with Crippen LogP contribution in [0.5, 0.6) is 0 Å². The van der Waals surface area contributed by atoms with Gasteiger partial charge in [0.25, 0.3) is 0 Å². The number of rotatable bonds is 3. The van der Waals surface area contributed by atoms with E-state index in [0.717, 1.165) is 17.9 Å². The zero-order chi connectivity index (χ0) is 17.6. The summed E-state index contributed by atoms with van der Waals surface area (Å²) < 4.78 is 27.0. The van der Waals surface area contributed by atoms with E-state index in [-0.39, 0.29) is 11.8 Å². The van der Waals surface area contributed by atoms with Crippen molar-refractivity contribution in [2.24, 2.45) is 17.8 Å². The van der Waals surface area contributed by atoms with Gasteiger partial charge in [0, 0.05) is 32.1 Å². The molecule has 3 unspecified atom stereocenters. The number of hydrogen-bond acceptors (Lipinski definition) is 3. The Morgan fingerprint density at radius 2 is 1.68 bits per heavy atom. The van der Waals surface area contributed by atoms with E-state index in [4.69, 9.17) is 0 Å². The van der Waals surface area contributed by atoms with E-state index in [0.29, 0.717) is 37.0 Å². The summed E-state index contributed by atoms with van der Waals surface area (Å²) in [4.78, 5) is 15.0. The maximum Gasteiger partial charge on any atom is 0.243 e. The monoisotopic (exact) mass is 362 g/mol. The zero-order valence-corrected chi connectivity index (χ0v) is 15.5. The van der Waals surface area contributed by atoms with Crippen LogP contribution in [-0.4, -0.2) is 49.7 Å². The molecular formula is C19H26N2O3S. The summed E-state index contributed by atoms with van der Waals surface area (Å²) in [6, 6.07) is 6.97. The zero-order valence-electron chi connectivity index (χ0n) is 14.7. The predicted octanol–water partition coefficient (Wildman–Crippen LogP) is 2.26. The molecule has 136 valence electrons. The first-order valence-electron chi connectivity index (χ1n) is 9.31. The van der Waals surface area contributed by atoms with Crippen LogP contribution in [0, 0.1) is 24.7 Å². The molecule has 2 saturated carbocycles. The number of carbonyl (C=O) groups is 1. The average Bonchev–Trinajstić information content (AvgIpc) is 3.25. The Morgan fingerprint density at radius 3 is 2.24 bits per heavy atom. The van der Waals surface area contributed by atoms with Crippen molar-refractivity contribution in [2.75, 3.05) is 26.2 Å². The Labute approximate surface area is 150 Å². The molecule has 3 atom stereocenters. The van der Waals surface area contributed by atoms with Crippen molar-refractivity contribution in [3.05, 3.63) is 29.8 Å². The Bertz CT molecular complexity index is 751. The molecule has 3 aliphatic rings. The molecule has 4 rings (SSSR count). The highest BCUT2D eigenvalue weighted by atomic mass is 32.2. The lowest BCUT2D eigenvalue weighted by atomic mass is 9.87. The molecule has 1 heterocycles. The molecule has 5 nitrogen and oxygen atoms in total.